The molecule has 0 saturated carbocycles. The molecule has 1 atom stereocenters. The number of sulfonamides is 1. The minimum absolute atomic E-state index is 0.0797. The lowest BCUT2D eigenvalue weighted by atomic mass is 9.99. The Morgan fingerprint density at radius 1 is 1.29 bits per heavy atom. The molecule has 1 amide bonds. The smallest absolute Gasteiger partial charge is 0.228 e. The second kappa shape index (κ2) is 8.59. The van der Waals surface area contributed by atoms with Crippen molar-refractivity contribution in [2.45, 2.75) is 25.5 Å². The van der Waals surface area contributed by atoms with Gasteiger partial charge in [-0.25, -0.2) is 17.1 Å². The van der Waals surface area contributed by atoms with Crippen molar-refractivity contribution in [3.05, 3.63) is 64.4 Å². The number of carbonyl (C=O) groups excluding carboxylic acids is 1. The van der Waals surface area contributed by atoms with Crippen LogP contribution in [0.1, 0.15) is 24.0 Å². The number of hydrogen-bond donors (Lipinski definition) is 1. The summed E-state index contributed by atoms with van der Waals surface area (Å²) in [5.41, 5.74) is 2.07. The van der Waals surface area contributed by atoms with E-state index in [0.717, 1.165) is 11.1 Å². The van der Waals surface area contributed by atoms with Gasteiger partial charge < -0.3 is 5.32 Å². The number of carbonyl (C=O) groups is 1. The second-order valence-corrected chi connectivity index (χ2v) is 9.37. The van der Waals surface area contributed by atoms with E-state index in [2.05, 4.69) is 5.32 Å². The normalized spacial score (nSPS) is 18.0. The lowest BCUT2D eigenvalue weighted by Crippen LogP contribution is -2.44. The Bertz CT molecular complexity index is 981. The maximum Gasteiger partial charge on any atom is 0.228 e. The average molecular weight is 425 g/mol. The van der Waals surface area contributed by atoms with Crippen molar-refractivity contribution in [1.82, 2.24) is 4.31 Å². The highest BCUT2D eigenvalue weighted by atomic mass is 35.5. The van der Waals surface area contributed by atoms with Crippen molar-refractivity contribution < 1.29 is 17.6 Å². The zero-order valence-corrected chi connectivity index (χ0v) is 17.1. The quantitative estimate of drug-likeness (QED) is 0.789. The molecule has 1 aliphatic rings. The summed E-state index contributed by atoms with van der Waals surface area (Å²) in [6.45, 7) is 2.42. The number of nitrogens with zero attached hydrogens (tertiary/aromatic N) is 1. The maximum absolute atomic E-state index is 13.3. The average Bonchev–Trinajstić information content (AvgIpc) is 2.66. The molecule has 0 radical (unpaired) electrons. The van der Waals surface area contributed by atoms with Crippen LogP contribution in [0.4, 0.5) is 10.1 Å². The van der Waals surface area contributed by atoms with E-state index in [4.69, 9.17) is 11.6 Å². The van der Waals surface area contributed by atoms with Crippen LogP contribution in [0, 0.1) is 18.7 Å². The van der Waals surface area contributed by atoms with E-state index >= 15 is 0 Å². The monoisotopic (exact) mass is 424 g/mol. The van der Waals surface area contributed by atoms with Crippen molar-refractivity contribution >= 4 is 33.2 Å². The van der Waals surface area contributed by atoms with Crippen LogP contribution in [-0.4, -0.2) is 31.7 Å². The minimum Gasteiger partial charge on any atom is -0.326 e. The molecule has 3 rings (SSSR count). The van der Waals surface area contributed by atoms with E-state index in [-0.39, 0.29) is 23.2 Å². The molecule has 2 aromatic carbocycles. The van der Waals surface area contributed by atoms with E-state index in [9.17, 15) is 17.6 Å². The van der Waals surface area contributed by atoms with Crippen molar-refractivity contribution in [2.75, 3.05) is 18.4 Å². The number of benzene rings is 2. The van der Waals surface area contributed by atoms with E-state index in [1.165, 1.54) is 22.5 Å². The topological polar surface area (TPSA) is 66.5 Å². The summed E-state index contributed by atoms with van der Waals surface area (Å²) in [7, 11) is -3.53. The van der Waals surface area contributed by atoms with Gasteiger partial charge in [-0.3, -0.25) is 4.79 Å². The van der Waals surface area contributed by atoms with E-state index in [1.807, 2.05) is 25.1 Å². The lowest BCUT2D eigenvalue weighted by molar-refractivity contribution is -0.120. The van der Waals surface area contributed by atoms with Crippen LogP contribution in [0.3, 0.4) is 0 Å². The first-order valence-corrected chi connectivity index (χ1v) is 11.0. The number of nitrogens with one attached hydrogen (secondary N) is 1. The molecule has 5 nitrogen and oxygen atoms in total. The largest absolute Gasteiger partial charge is 0.326 e. The number of hydrogen-bond acceptors (Lipinski definition) is 3. The Labute approximate surface area is 169 Å². The van der Waals surface area contributed by atoms with Gasteiger partial charge in [0.15, 0.2) is 0 Å². The van der Waals surface area contributed by atoms with Crippen LogP contribution in [0.25, 0.3) is 0 Å². The second-order valence-electron chi connectivity index (χ2n) is 7.00. The zero-order valence-electron chi connectivity index (χ0n) is 15.5. The molecule has 0 spiro atoms. The van der Waals surface area contributed by atoms with Crippen LogP contribution in [0.5, 0.6) is 0 Å². The third kappa shape index (κ3) is 4.90. The predicted octanol–water partition coefficient (Wildman–Crippen LogP) is 3.97. The zero-order chi connectivity index (χ0) is 20.3. The first-order chi connectivity index (χ1) is 13.3. The summed E-state index contributed by atoms with van der Waals surface area (Å²) in [5.74, 6) is -1.41. The molecule has 0 aromatic heterocycles. The van der Waals surface area contributed by atoms with Gasteiger partial charge in [-0.1, -0.05) is 35.9 Å². The number of rotatable bonds is 5. The molecule has 150 valence electrons. The number of anilines is 1. The van der Waals surface area contributed by atoms with Gasteiger partial charge in [0.25, 0.3) is 0 Å². The fraction of sp³-hybridized carbons (Fsp3) is 0.350. The summed E-state index contributed by atoms with van der Waals surface area (Å²) < 4.78 is 40.4. The fourth-order valence-electron chi connectivity index (χ4n) is 3.29. The summed E-state index contributed by atoms with van der Waals surface area (Å²) in [4.78, 5) is 12.6. The molecule has 1 N–H and O–H groups in total. The first kappa shape index (κ1) is 20.8. The lowest BCUT2D eigenvalue weighted by Gasteiger charge is -2.31. The third-order valence-corrected chi connectivity index (χ3v) is 7.02. The molecule has 1 saturated heterocycles. The van der Waals surface area contributed by atoms with Crippen LogP contribution < -0.4 is 5.32 Å². The van der Waals surface area contributed by atoms with Gasteiger partial charge in [0.1, 0.15) is 5.82 Å². The standard InChI is InChI=1S/C20H22ClFN2O3S/c1-14-5-2-3-6-16(14)13-28(26,27)24-10-4-7-15(12-24)20(25)23-17-8-9-19(22)18(21)11-17/h2-3,5-6,8-9,11,15H,4,7,10,12-13H2,1H3,(H,23,25)/t15-/m0/s1. The van der Waals surface area contributed by atoms with E-state index in [1.54, 1.807) is 6.07 Å². The molecule has 0 aliphatic carbocycles. The summed E-state index contributed by atoms with van der Waals surface area (Å²) >= 11 is 5.74. The van der Waals surface area contributed by atoms with Crippen molar-refractivity contribution in [3.63, 3.8) is 0 Å². The summed E-state index contributed by atoms with van der Waals surface area (Å²) in [5, 5.41) is 2.62. The highest BCUT2D eigenvalue weighted by Gasteiger charge is 2.32. The predicted molar refractivity (Wildman–Crippen MR) is 108 cm³/mol. The molecular formula is C20H22ClFN2O3S. The summed E-state index contributed by atoms with van der Waals surface area (Å²) in [6.07, 6.45) is 1.20. The van der Waals surface area contributed by atoms with Crippen LogP contribution in [0.15, 0.2) is 42.5 Å². The van der Waals surface area contributed by atoms with Gasteiger partial charge >= 0.3 is 0 Å². The van der Waals surface area contributed by atoms with Crippen molar-refractivity contribution in [3.8, 4) is 0 Å². The van der Waals surface area contributed by atoms with Gasteiger partial charge in [-0.05, 0) is 49.1 Å². The number of amides is 1. The van der Waals surface area contributed by atoms with Crippen LogP contribution in [-0.2, 0) is 20.6 Å². The molecule has 0 unspecified atom stereocenters. The Hall–Kier alpha value is -1.96. The highest BCUT2D eigenvalue weighted by molar-refractivity contribution is 7.88. The number of halogens is 2. The maximum atomic E-state index is 13.3. The Morgan fingerprint density at radius 2 is 2.04 bits per heavy atom. The summed E-state index contributed by atoms with van der Waals surface area (Å²) in [6, 6.07) is 11.3. The van der Waals surface area contributed by atoms with E-state index in [0.29, 0.717) is 25.1 Å². The fourth-order valence-corrected chi connectivity index (χ4v) is 5.18. The molecule has 1 fully saturated rings. The third-order valence-electron chi connectivity index (χ3n) is 4.93. The minimum atomic E-state index is -3.53. The van der Waals surface area contributed by atoms with Gasteiger partial charge in [-0.2, -0.15) is 0 Å². The highest BCUT2D eigenvalue weighted by Crippen LogP contribution is 2.25. The van der Waals surface area contributed by atoms with Gasteiger partial charge in [0.05, 0.1) is 16.7 Å². The Morgan fingerprint density at radius 3 is 2.75 bits per heavy atom. The van der Waals surface area contributed by atoms with Gasteiger partial charge in [-0.15, -0.1) is 0 Å². The Kier molecular flexibility index (Phi) is 6.37. The number of piperidine rings is 1. The first-order valence-electron chi connectivity index (χ1n) is 9.04. The molecule has 28 heavy (non-hydrogen) atoms. The molecule has 8 heteroatoms. The Balaban J connectivity index is 1.68. The van der Waals surface area contributed by atoms with Crippen molar-refractivity contribution in [1.29, 1.82) is 0 Å². The SMILES string of the molecule is Cc1ccccc1CS(=O)(=O)N1CCC[C@H](C(=O)Nc2ccc(F)c(Cl)c2)C1. The van der Waals surface area contributed by atoms with Crippen LogP contribution >= 0.6 is 11.6 Å². The number of aryl methyl sites for hydroxylation is 1. The molecule has 2 aromatic rings. The van der Waals surface area contributed by atoms with E-state index < -0.39 is 21.8 Å². The molecule has 1 aliphatic heterocycles. The van der Waals surface area contributed by atoms with Crippen LogP contribution in [0.2, 0.25) is 5.02 Å². The molecular weight excluding hydrogens is 403 g/mol. The molecule has 0 bridgehead atoms. The van der Waals surface area contributed by atoms with Crippen molar-refractivity contribution in [2.24, 2.45) is 5.92 Å². The van der Waals surface area contributed by atoms with Gasteiger partial charge in [0, 0.05) is 18.8 Å². The molecule has 1 heterocycles. The van der Waals surface area contributed by atoms with Gasteiger partial charge in [0.2, 0.25) is 15.9 Å².